The Hall–Kier alpha value is -1.36. The molecule has 0 aromatic heterocycles. The smallest absolute Gasteiger partial charge is 0.331 e. The largest absolute Gasteiger partial charge is 0.478 e. The van der Waals surface area contributed by atoms with Gasteiger partial charge >= 0.3 is 5.97 Å². The van der Waals surface area contributed by atoms with Gasteiger partial charge in [-0.3, -0.25) is 4.79 Å². The molecule has 0 aliphatic heterocycles. The Labute approximate surface area is 95.9 Å². The Bertz CT molecular complexity index is 262. The summed E-state index contributed by atoms with van der Waals surface area (Å²) in [6, 6.07) is 0. The lowest BCUT2D eigenvalue weighted by molar-refractivity contribution is -0.132. The first-order valence-electron chi connectivity index (χ1n) is 5.51. The van der Waals surface area contributed by atoms with Crippen molar-refractivity contribution < 1.29 is 14.7 Å². The predicted octanol–water partition coefficient (Wildman–Crippen LogP) is 0.523. The van der Waals surface area contributed by atoms with Crippen molar-refractivity contribution in [3.63, 3.8) is 0 Å². The van der Waals surface area contributed by atoms with E-state index in [-0.39, 0.29) is 12.5 Å². The molecule has 0 saturated heterocycles. The highest BCUT2D eigenvalue weighted by Crippen LogP contribution is 1.98. The minimum Gasteiger partial charge on any atom is -0.478 e. The molecule has 0 aliphatic carbocycles. The van der Waals surface area contributed by atoms with E-state index in [4.69, 9.17) is 5.11 Å². The summed E-state index contributed by atoms with van der Waals surface area (Å²) < 4.78 is 0. The maximum atomic E-state index is 11.1. The van der Waals surface area contributed by atoms with Crippen LogP contribution < -0.4 is 10.6 Å². The van der Waals surface area contributed by atoms with E-state index in [1.807, 2.05) is 6.92 Å². The highest BCUT2D eigenvalue weighted by atomic mass is 16.4. The third kappa shape index (κ3) is 7.00. The van der Waals surface area contributed by atoms with Gasteiger partial charge in [-0.05, 0) is 12.8 Å². The summed E-state index contributed by atoms with van der Waals surface area (Å²) in [5, 5.41) is 14.3. The second-order valence-electron chi connectivity index (χ2n) is 3.37. The van der Waals surface area contributed by atoms with Crippen LogP contribution in [-0.2, 0) is 9.59 Å². The van der Waals surface area contributed by atoms with Crippen molar-refractivity contribution in [3.8, 4) is 0 Å². The minimum absolute atomic E-state index is 0.0661. The highest BCUT2D eigenvalue weighted by Gasteiger charge is 2.03. The number of carboxylic acids is 1. The molecule has 0 saturated carbocycles. The summed E-state index contributed by atoms with van der Waals surface area (Å²) >= 11 is 0. The number of amides is 1. The standard InChI is InChI=1S/C11H20N2O3/c1-3-6-13-10(14)8-12-7-5-9(4-2)11(15)16/h5,12H,3-4,6-8H2,1-2H3,(H,13,14)(H,15,16)/b9-5-. The summed E-state index contributed by atoms with van der Waals surface area (Å²) in [4.78, 5) is 21.8. The van der Waals surface area contributed by atoms with Crippen LogP contribution in [0.4, 0.5) is 0 Å². The van der Waals surface area contributed by atoms with Gasteiger partial charge in [0.05, 0.1) is 6.54 Å². The van der Waals surface area contributed by atoms with Gasteiger partial charge in [-0.1, -0.05) is 19.9 Å². The molecule has 0 aliphatic rings. The zero-order chi connectivity index (χ0) is 12.4. The number of carbonyl (C=O) groups excluding carboxylic acids is 1. The van der Waals surface area contributed by atoms with Crippen LogP contribution in [0.3, 0.4) is 0 Å². The molecule has 0 rings (SSSR count). The predicted molar refractivity (Wildman–Crippen MR) is 62.2 cm³/mol. The SMILES string of the molecule is CCCNC(=O)CNC/C=C(/CC)C(=O)O. The number of carbonyl (C=O) groups is 2. The average Bonchev–Trinajstić information content (AvgIpc) is 2.25. The first-order chi connectivity index (χ1) is 7.61. The Kier molecular flexibility index (Phi) is 8.15. The first-order valence-corrected chi connectivity index (χ1v) is 5.51. The van der Waals surface area contributed by atoms with Crippen molar-refractivity contribution in [1.29, 1.82) is 0 Å². The van der Waals surface area contributed by atoms with Gasteiger partial charge in [-0.15, -0.1) is 0 Å². The molecule has 1 amide bonds. The number of nitrogens with one attached hydrogen (secondary N) is 2. The first kappa shape index (κ1) is 14.6. The molecule has 16 heavy (non-hydrogen) atoms. The zero-order valence-corrected chi connectivity index (χ0v) is 9.88. The Balaban J connectivity index is 3.73. The van der Waals surface area contributed by atoms with E-state index in [1.54, 1.807) is 13.0 Å². The molecule has 0 aromatic rings. The summed E-state index contributed by atoms with van der Waals surface area (Å²) in [7, 11) is 0. The molecular formula is C11H20N2O3. The van der Waals surface area contributed by atoms with E-state index < -0.39 is 5.97 Å². The van der Waals surface area contributed by atoms with Gasteiger partial charge < -0.3 is 15.7 Å². The molecule has 0 radical (unpaired) electrons. The molecule has 0 heterocycles. The molecule has 0 spiro atoms. The van der Waals surface area contributed by atoms with Crippen molar-refractivity contribution >= 4 is 11.9 Å². The molecule has 0 unspecified atom stereocenters. The number of hydrogen-bond acceptors (Lipinski definition) is 3. The molecule has 0 bridgehead atoms. The van der Waals surface area contributed by atoms with Crippen LogP contribution >= 0.6 is 0 Å². The van der Waals surface area contributed by atoms with E-state index in [2.05, 4.69) is 10.6 Å². The van der Waals surface area contributed by atoms with Gasteiger partial charge in [0.1, 0.15) is 0 Å². The third-order valence-corrected chi connectivity index (χ3v) is 2.01. The Morgan fingerprint density at radius 3 is 2.50 bits per heavy atom. The monoisotopic (exact) mass is 228 g/mol. The van der Waals surface area contributed by atoms with Crippen LogP contribution in [-0.4, -0.2) is 36.6 Å². The minimum atomic E-state index is -0.903. The zero-order valence-electron chi connectivity index (χ0n) is 9.88. The van der Waals surface area contributed by atoms with Crippen molar-refractivity contribution in [3.05, 3.63) is 11.6 Å². The van der Waals surface area contributed by atoms with Crippen molar-refractivity contribution in [2.75, 3.05) is 19.6 Å². The van der Waals surface area contributed by atoms with Gasteiger partial charge in [-0.25, -0.2) is 4.79 Å². The van der Waals surface area contributed by atoms with E-state index in [0.29, 0.717) is 25.1 Å². The third-order valence-electron chi connectivity index (χ3n) is 2.01. The molecule has 0 aromatic carbocycles. The number of aliphatic carboxylic acids is 1. The highest BCUT2D eigenvalue weighted by molar-refractivity contribution is 5.86. The van der Waals surface area contributed by atoms with Crippen LogP contribution in [0.1, 0.15) is 26.7 Å². The summed E-state index contributed by atoms with van der Waals surface area (Å²) in [5.74, 6) is -0.969. The second kappa shape index (κ2) is 8.91. The number of rotatable bonds is 8. The molecule has 0 fully saturated rings. The fourth-order valence-corrected chi connectivity index (χ4v) is 1.09. The lowest BCUT2D eigenvalue weighted by Gasteiger charge is -2.04. The summed E-state index contributed by atoms with van der Waals surface area (Å²) in [5.41, 5.74) is 0.362. The normalized spacial score (nSPS) is 11.2. The molecular weight excluding hydrogens is 208 g/mol. The van der Waals surface area contributed by atoms with Crippen molar-refractivity contribution in [1.82, 2.24) is 10.6 Å². The lowest BCUT2D eigenvalue weighted by atomic mass is 10.2. The van der Waals surface area contributed by atoms with Gasteiger partial charge in [-0.2, -0.15) is 0 Å². The average molecular weight is 228 g/mol. The Morgan fingerprint density at radius 2 is 2.00 bits per heavy atom. The van der Waals surface area contributed by atoms with Crippen LogP contribution in [0, 0.1) is 0 Å². The maximum absolute atomic E-state index is 11.1. The van der Waals surface area contributed by atoms with Crippen LogP contribution in [0.25, 0.3) is 0 Å². The van der Waals surface area contributed by atoms with Gasteiger partial charge in [0.25, 0.3) is 0 Å². The van der Waals surface area contributed by atoms with Crippen molar-refractivity contribution in [2.24, 2.45) is 0 Å². The van der Waals surface area contributed by atoms with Crippen LogP contribution in [0.15, 0.2) is 11.6 Å². The van der Waals surface area contributed by atoms with E-state index in [1.165, 1.54) is 0 Å². The summed E-state index contributed by atoms with van der Waals surface area (Å²) in [6.45, 7) is 5.05. The van der Waals surface area contributed by atoms with Gasteiger partial charge in [0.15, 0.2) is 0 Å². The van der Waals surface area contributed by atoms with E-state index >= 15 is 0 Å². The molecule has 5 heteroatoms. The second-order valence-corrected chi connectivity index (χ2v) is 3.37. The number of carboxylic acid groups (broad SMARTS) is 1. The number of hydrogen-bond donors (Lipinski definition) is 3. The molecule has 92 valence electrons. The molecule has 5 nitrogen and oxygen atoms in total. The lowest BCUT2D eigenvalue weighted by Crippen LogP contribution is -2.34. The fourth-order valence-electron chi connectivity index (χ4n) is 1.09. The van der Waals surface area contributed by atoms with E-state index in [0.717, 1.165) is 6.42 Å². The Morgan fingerprint density at radius 1 is 1.31 bits per heavy atom. The fraction of sp³-hybridized carbons (Fsp3) is 0.636. The van der Waals surface area contributed by atoms with E-state index in [9.17, 15) is 9.59 Å². The van der Waals surface area contributed by atoms with Crippen molar-refractivity contribution in [2.45, 2.75) is 26.7 Å². The van der Waals surface area contributed by atoms with Gasteiger partial charge in [0, 0.05) is 18.7 Å². The van der Waals surface area contributed by atoms with Crippen LogP contribution in [0.5, 0.6) is 0 Å². The van der Waals surface area contributed by atoms with Gasteiger partial charge in [0.2, 0.25) is 5.91 Å². The molecule has 0 atom stereocenters. The quantitative estimate of drug-likeness (QED) is 0.418. The molecule has 3 N–H and O–H groups in total. The summed E-state index contributed by atoms with van der Waals surface area (Å²) in [6.07, 6.45) is 2.99. The van der Waals surface area contributed by atoms with Crippen LogP contribution in [0.2, 0.25) is 0 Å². The topological polar surface area (TPSA) is 78.4 Å². The maximum Gasteiger partial charge on any atom is 0.331 e.